The molecule has 0 aromatic carbocycles. The van der Waals surface area contributed by atoms with E-state index in [0.29, 0.717) is 12.8 Å². The van der Waals surface area contributed by atoms with Crippen molar-refractivity contribution in [3.8, 4) is 11.8 Å². The Bertz CT molecular complexity index is 292. The van der Waals surface area contributed by atoms with Crippen molar-refractivity contribution < 1.29 is 14.6 Å². The van der Waals surface area contributed by atoms with Crippen molar-refractivity contribution in [3.05, 3.63) is 24.3 Å². The van der Waals surface area contributed by atoms with Crippen LogP contribution in [-0.2, 0) is 9.53 Å². The number of allylic oxidation sites excluding steroid dienone is 2. The second-order valence-corrected chi connectivity index (χ2v) is 2.91. The van der Waals surface area contributed by atoms with Crippen molar-refractivity contribution in [2.75, 3.05) is 13.2 Å². The summed E-state index contributed by atoms with van der Waals surface area (Å²) in [5.41, 5.74) is 0.793. The van der Waals surface area contributed by atoms with Gasteiger partial charge in [-0.05, 0) is 30.6 Å². The van der Waals surface area contributed by atoms with Gasteiger partial charge in [0.1, 0.15) is 6.61 Å². The Balaban J connectivity index is 3.68. The van der Waals surface area contributed by atoms with Gasteiger partial charge in [0, 0.05) is 13.5 Å². The smallest absolute Gasteiger partial charge is 0.302 e. The lowest BCUT2D eigenvalue weighted by molar-refractivity contribution is -0.139. The first-order chi connectivity index (χ1) is 7.16. The molecule has 0 bridgehead atoms. The molecule has 0 aromatic heterocycles. The van der Waals surface area contributed by atoms with E-state index >= 15 is 0 Å². The van der Waals surface area contributed by atoms with Crippen LogP contribution in [0.25, 0.3) is 0 Å². The minimum Gasteiger partial charge on any atom is -0.462 e. The van der Waals surface area contributed by atoms with E-state index in [1.807, 2.05) is 0 Å². The Hall–Kier alpha value is -1.53. The molecule has 82 valence electrons. The lowest BCUT2D eigenvalue weighted by Crippen LogP contribution is -1.96. The molecular weight excluding hydrogens is 192 g/mol. The number of carbonyl (C=O) groups excluding carboxylic acids is 1. The maximum Gasteiger partial charge on any atom is 0.302 e. The standard InChI is InChI=1S/C12H16O3/c1-11(8-6-9-13)7-4-3-5-10-15-12(2)14/h3,5,13H,1,6,8-10H2,2H3/b5-3-. The summed E-state index contributed by atoms with van der Waals surface area (Å²) < 4.78 is 4.66. The van der Waals surface area contributed by atoms with Gasteiger partial charge in [-0.2, -0.15) is 0 Å². The lowest BCUT2D eigenvalue weighted by atomic mass is 10.2. The molecular formula is C12H16O3. The molecule has 0 amide bonds. The van der Waals surface area contributed by atoms with Crippen LogP contribution in [0.4, 0.5) is 0 Å². The molecule has 0 radical (unpaired) electrons. The zero-order valence-electron chi connectivity index (χ0n) is 8.95. The Morgan fingerprint density at radius 1 is 1.60 bits per heavy atom. The Morgan fingerprint density at radius 2 is 2.33 bits per heavy atom. The second kappa shape index (κ2) is 9.04. The summed E-state index contributed by atoms with van der Waals surface area (Å²) in [7, 11) is 0. The topological polar surface area (TPSA) is 46.5 Å². The highest BCUT2D eigenvalue weighted by molar-refractivity contribution is 5.66. The molecule has 0 fully saturated rings. The average Bonchev–Trinajstić information content (AvgIpc) is 2.19. The Morgan fingerprint density at radius 3 is 2.93 bits per heavy atom. The number of aliphatic hydroxyl groups is 1. The first-order valence-corrected chi connectivity index (χ1v) is 4.75. The van der Waals surface area contributed by atoms with E-state index in [4.69, 9.17) is 5.11 Å². The number of rotatable bonds is 5. The summed E-state index contributed by atoms with van der Waals surface area (Å²) in [6.07, 6.45) is 4.67. The molecule has 0 aromatic rings. The molecule has 0 saturated carbocycles. The van der Waals surface area contributed by atoms with Gasteiger partial charge in [-0.3, -0.25) is 4.79 Å². The fraction of sp³-hybridized carbons (Fsp3) is 0.417. The third-order valence-electron chi connectivity index (χ3n) is 1.47. The highest BCUT2D eigenvalue weighted by Crippen LogP contribution is 1.98. The summed E-state index contributed by atoms with van der Waals surface area (Å²) in [5.74, 6) is 5.28. The number of hydrogen-bond acceptors (Lipinski definition) is 3. The minimum atomic E-state index is -0.306. The summed E-state index contributed by atoms with van der Waals surface area (Å²) >= 11 is 0. The molecule has 15 heavy (non-hydrogen) atoms. The summed E-state index contributed by atoms with van der Waals surface area (Å²) in [4.78, 5) is 10.4. The third kappa shape index (κ3) is 10.4. The van der Waals surface area contributed by atoms with Gasteiger partial charge in [0.25, 0.3) is 0 Å². The van der Waals surface area contributed by atoms with E-state index in [-0.39, 0.29) is 19.2 Å². The molecule has 3 nitrogen and oxygen atoms in total. The van der Waals surface area contributed by atoms with Crippen LogP contribution in [0, 0.1) is 11.8 Å². The predicted molar refractivity (Wildman–Crippen MR) is 59.0 cm³/mol. The van der Waals surface area contributed by atoms with Gasteiger partial charge in [0.05, 0.1) is 0 Å². The van der Waals surface area contributed by atoms with E-state index in [9.17, 15) is 4.79 Å². The van der Waals surface area contributed by atoms with E-state index < -0.39 is 0 Å². The Kier molecular flexibility index (Phi) is 8.12. The first kappa shape index (κ1) is 13.5. The summed E-state index contributed by atoms with van der Waals surface area (Å²) in [6, 6.07) is 0. The molecule has 0 aliphatic heterocycles. The average molecular weight is 208 g/mol. The zero-order chi connectivity index (χ0) is 11.5. The highest BCUT2D eigenvalue weighted by atomic mass is 16.5. The molecule has 3 heteroatoms. The van der Waals surface area contributed by atoms with Crippen LogP contribution in [0.5, 0.6) is 0 Å². The maximum atomic E-state index is 10.4. The van der Waals surface area contributed by atoms with Crippen molar-refractivity contribution in [2.45, 2.75) is 19.8 Å². The molecule has 1 N–H and O–H groups in total. The van der Waals surface area contributed by atoms with Crippen LogP contribution in [0.3, 0.4) is 0 Å². The molecule has 0 heterocycles. The molecule has 0 saturated heterocycles. The molecule has 0 spiro atoms. The molecule has 0 rings (SSSR count). The van der Waals surface area contributed by atoms with Crippen LogP contribution in [0.1, 0.15) is 19.8 Å². The molecule has 0 atom stereocenters. The maximum absolute atomic E-state index is 10.4. The van der Waals surface area contributed by atoms with Crippen molar-refractivity contribution in [1.29, 1.82) is 0 Å². The second-order valence-electron chi connectivity index (χ2n) is 2.91. The normalized spacial score (nSPS) is 9.47. The molecule has 0 aliphatic carbocycles. The van der Waals surface area contributed by atoms with Crippen LogP contribution in [0.15, 0.2) is 24.3 Å². The van der Waals surface area contributed by atoms with Crippen LogP contribution in [0.2, 0.25) is 0 Å². The molecule has 0 unspecified atom stereocenters. The quantitative estimate of drug-likeness (QED) is 0.549. The Labute approximate surface area is 90.4 Å². The largest absolute Gasteiger partial charge is 0.462 e. The number of hydrogen-bond donors (Lipinski definition) is 1. The van der Waals surface area contributed by atoms with Crippen LogP contribution < -0.4 is 0 Å². The van der Waals surface area contributed by atoms with E-state index in [2.05, 4.69) is 23.2 Å². The van der Waals surface area contributed by atoms with E-state index in [1.54, 1.807) is 12.2 Å². The van der Waals surface area contributed by atoms with Gasteiger partial charge < -0.3 is 9.84 Å². The van der Waals surface area contributed by atoms with Gasteiger partial charge in [-0.1, -0.05) is 18.4 Å². The monoisotopic (exact) mass is 208 g/mol. The van der Waals surface area contributed by atoms with Crippen LogP contribution >= 0.6 is 0 Å². The van der Waals surface area contributed by atoms with E-state index in [1.165, 1.54) is 6.92 Å². The van der Waals surface area contributed by atoms with E-state index in [0.717, 1.165) is 5.57 Å². The van der Waals surface area contributed by atoms with Gasteiger partial charge in [0.15, 0.2) is 0 Å². The molecule has 0 aliphatic rings. The highest BCUT2D eigenvalue weighted by Gasteiger charge is 1.87. The number of carbonyl (C=O) groups is 1. The fourth-order valence-electron chi connectivity index (χ4n) is 0.771. The lowest BCUT2D eigenvalue weighted by Gasteiger charge is -1.93. The van der Waals surface area contributed by atoms with Crippen LogP contribution in [-0.4, -0.2) is 24.3 Å². The third-order valence-corrected chi connectivity index (χ3v) is 1.47. The van der Waals surface area contributed by atoms with Crippen molar-refractivity contribution >= 4 is 5.97 Å². The van der Waals surface area contributed by atoms with Crippen molar-refractivity contribution in [3.63, 3.8) is 0 Å². The van der Waals surface area contributed by atoms with Gasteiger partial charge >= 0.3 is 5.97 Å². The van der Waals surface area contributed by atoms with Gasteiger partial charge in [-0.25, -0.2) is 0 Å². The SMILES string of the molecule is C=C(C#C/C=C\COC(C)=O)CCCO. The van der Waals surface area contributed by atoms with Gasteiger partial charge in [-0.15, -0.1) is 0 Å². The minimum absolute atomic E-state index is 0.156. The van der Waals surface area contributed by atoms with Crippen molar-refractivity contribution in [1.82, 2.24) is 0 Å². The fourth-order valence-corrected chi connectivity index (χ4v) is 0.771. The number of esters is 1. The number of aliphatic hydroxyl groups excluding tert-OH is 1. The summed E-state index contributed by atoms with van der Waals surface area (Å²) in [5, 5.41) is 8.56. The zero-order valence-corrected chi connectivity index (χ0v) is 8.95. The predicted octanol–water partition coefficient (Wildman–Crippen LogP) is 1.44. The summed E-state index contributed by atoms with van der Waals surface area (Å²) in [6.45, 7) is 5.49. The van der Waals surface area contributed by atoms with Crippen molar-refractivity contribution in [2.24, 2.45) is 0 Å². The first-order valence-electron chi connectivity index (χ1n) is 4.75. The number of ether oxygens (including phenoxy) is 1. The van der Waals surface area contributed by atoms with Gasteiger partial charge in [0.2, 0.25) is 0 Å².